The fourth-order valence-corrected chi connectivity index (χ4v) is 3.14. The molecular formula is C23H21N5O. The van der Waals surface area contributed by atoms with Gasteiger partial charge in [-0.25, -0.2) is 9.97 Å². The fraction of sp³-hybridized carbons (Fsp3) is 0.130. The lowest BCUT2D eigenvalue weighted by Crippen LogP contribution is -2.30. The molecule has 29 heavy (non-hydrogen) atoms. The Morgan fingerprint density at radius 1 is 0.931 bits per heavy atom. The summed E-state index contributed by atoms with van der Waals surface area (Å²) in [5, 5.41) is 4.22. The molecule has 0 radical (unpaired) electrons. The molecule has 6 heteroatoms. The number of carbonyl (C=O) groups is 1. The third-order valence-electron chi connectivity index (χ3n) is 4.66. The zero-order chi connectivity index (χ0) is 20.1. The highest BCUT2D eigenvalue weighted by molar-refractivity contribution is 5.94. The van der Waals surface area contributed by atoms with E-state index in [0.29, 0.717) is 24.6 Å². The van der Waals surface area contributed by atoms with Gasteiger partial charge in [0.15, 0.2) is 0 Å². The highest BCUT2D eigenvalue weighted by atomic mass is 16.2. The Hall–Kier alpha value is -3.80. The van der Waals surface area contributed by atoms with Crippen molar-refractivity contribution in [3.63, 3.8) is 0 Å². The number of nitrogens with one attached hydrogen (secondary N) is 1. The second kappa shape index (κ2) is 8.48. The summed E-state index contributed by atoms with van der Waals surface area (Å²) in [4.78, 5) is 27.7. The largest absolute Gasteiger partial charge is 0.335 e. The normalized spacial score (nSPS) is 10.7. The topological polar surface area (TPSA) is 71.0 Å². The number of fused-ring (bicyclic) bond motifs is 1. The van der Waals surface area contributed by atoms with E-state index in [-0.39, 0.29) is 5.91 Å². The van der Waals surface area contributed by atoms with E-state index >= 15 is 0 Å². The predicted molar refractivity (Wildman–Crippen MR) is 114 cm³/mol. The first-order valence-electron chi connectivity index (χ1n) is 9.50. The van der Waals surface area contributed by atoms with Crippen LogP contribution in [0.5, 0.6) is 0 Å². The molecule has 2 heterocycles. The number of amides is 1. The minimum absolute atomic E-state index is 0.0882. The lowest BCUT2D eigenvalue weighted by Gasteiger charge is -2.21. The second-order valence-electron chi connectivity index (χ2n) is 6.61. The Bertz CT molecular complexity index is 1110. The van der Waals surface area contributed by atoms with Gasteiger partial charge in [0.2, 0.25) is 5.95 Å². The number of carbonyl (C=O) groups excluding carboxylic acids is 1. The number of hydrogen-bond donors (Lipinski definition) is 1. The molecule has 2 aromatic heterocycles. The lowest BCUT2D eigenvalue weighted by molar-refractivity contribution is 0.0752. The van der Waals surface area contributed by atoms with Crippen molar-refractivity contribution in [1.82, 2.24) is 19.9 Å². The van der Waals surface area contributed by atoms with Crippen LogP contribution in [0.25, 0.3) is 10.9 Å². The molecule has 0 aliphatic carbocycles. The van der Waals surface area contributed by atoms with Crippen molar-refractivity contribution in [2.24, 2.45) is 0 Å². The number of nitrogens with zero attached hydrogens (tertiary/aromatic N) is 4. The van der Waals surface area contributed by atoms with Crippen LogP contribution in [-0.4, -0.2) is 32.3 Å². The van der Waals surface area contributed by atoms with Crippen molar-refractivity contribution in [1.29, 1.82) is 0 Å². The summed E-state index contributed by atoms with van der Waals surface area (Å²) in [6, 6.07) is 19.7. The van der Waals surface area contributed by atoms with Gasteiger partial charge in [0, 0.05) is 37.1 Å². The van der Waals surface area contributed by atoms with Crippen molar-refractivity contribution in [2.75, 3.05) is 11.9 Å². The summed E-state index contributed by atoms with van der Waals surface area (Å²) < 4.78 is 0. The van der Waals surface area contributed by atoms with Gasteiger partial charge >= 0.3 is 0 Å². The van der Waals surface area contributed by atoms with E-state index in [1.54, 1.807) is 23.5 Å². The van der Waals surface area contributed by atoms with E-state index in [4.69, 9.17) is 0 Å². The summed E-state index contributed by atoms with van der Waals surface area (Å²) in [6.45, 7) is 3.12. The van der Waals surface area contributed by atoms with Crippen LogP contribution in [0.15, 0.2) is 79.3 Å². The van der Waals surface area contributed by atoms with Gasteiger partial charge < -0.3 is 10.2 Å². The van der Waals surface area contributed by atoms with Crippen molar-refractivity contribution < 1.29 is 4.79 Å². The monoisotopic (exact) mass is 383 g/mol. The highest BCUT2D eigenvalue weighted by Crippen LogP contribution is 2.23. The lowest BCUT2D eigenvalue weighted by atomic mass is 10.2. The van der Waals surface area contributed by atoms with Gasteiger partial charge in [-0.05, 0) is 24.6 Å². The summed E-state index contributed by atoms with van der Waals surface area (Å²) in [5.74, 6) is 0.334. The molecule has 2 aromatic carbocycles. The number of anilines is 2. The van der Waals surface area contributed by atoms with Crippen molar-refractivity contribution in [3.05, 3.63) is 90.4 Å². The highest BCUT2D eigenvalue weighted by Gasteiger charge is 2.16. The minimum Gasteiger partial charge on any atom is -0.335 e. The molecule has 0 atom stereocenters. The van der Waals surface area contributed by atoms with Gasteiger partial charge in [0.05, 0.1) is 16.8 Å². The standard InChI is InChI=1S/C23H21N5O/c1-2-28(16-17-8-4-3-5-9-17)22(29)19-14-25-23(26-15-19)27-20-12-6-10-18-11-7-13-24-21(18)20/h3-15H,2,16H2,1H3,(H,25,26,27). The van der Waals surface area contributed by atoms with E-state index < -0.39 is 0 Å². The van der Waals surface area contributed by atoms with Crippen LogP contribution >= 0.6 is 0 Å². The number of rotatable bonds is 6. The fourth-order valence-electron chi connectivity index (χ4n) is 3.14. The van der Waals surface area contributed by atoms with Gasteiger partial charge in [-0.2, -0.15) is 0 Å². The number of hydrogen-bond acceptors (Lipinski definition) is 5. The molecule has 0 fully saturated rings. The number of para-hydroxylation sites is 1. The molecule has 4 rings (SSSR count). The zero-order valence-electron chi connectivity index (χ0n) is 16.1. The predicted octanol–water partition coefficient (Wildman–Crippen LogP) is 4.43. The molecule has 144 valence electrons. The maximum absolute atomic E-state index is 12.8. The van der Waals surface area contributed by atoms with E-state index in [9.17, 15) is 4.79 Å². The molecule has 0 aliphatic heterocycles. The summed E-state index contributed by atoms with van der Waals surface area (Å²) in [7, 11) is 0. The molecule has 1 N–H and O–H groups in total. The number of aromatic nitrogens is 3. The zero-order valence-corrected chi connectivity index (χ0v) is 16.1. The smallest absolute Gasteiger partial charge is 0.257 e. The van der Waals surface area contributed by atoms with Crippen molar-refractivity contribution in [3.8, 4) is 0 Å². The van der Waals surface area contributed by atoms with E-state index in [1.807, 2.05) is 67.6 Å². The van der Waals surface area contributed by atoms with Gasteiger partial charge in [0.1, 0.15) is 0 Å². The van der Waals surface area contributed by atoms with Crippen LogP contribution in [0, 0.1) is 0 Å². The SMILES string of the molecule is CCN(Cc1ccccc1)C(=O)c1cnc(Nc2cccc3cccnc23)nc1. The maximum Gasteiger partial charge on any atom is 0.257 e. The van der Waals surface area contributed by atoms with Crippen LogP contribution in [-0.2, 0) is 6.54 Å². The molecule has 6 nitrogen and oxygen atoms in total. The molecular weight excluding hydrogens is 362 g/mol. The Kier molecular flexibility index (Phi) is 5.42. The Balaban J connectivity index is 1.50. The second-order valence-corrected chi connectivity index (χ2v) is 6.61. The maximum atomic E-state index is 12.8. The van der Waals surface area contributed by atoms with Crippen molar-refractivity contribution in [2.45, 2.75) is 13.5 Å². The van der Waals surface area contributed by atoms with E-state index in [0.717, 1.165) is 22.2 Å². The molecule has 4 aromatic rings. The summed E-state index contributed by atoms with van der Waals surface area (Å²) >= 11 is 0. The van der Waals surface area contributed by atoms with E-state index in [2.05, 4.69) is 20.3 Å². The number of pyridine rings is 1. The molecule has 0 spiro atoms. The van der Waals surface area contributed by atoms with Crippen LogP contribution in [0.1, 0.15) is 22.8 Å². The van der Waals surface area contributed by atoms with Gasteiger partial charge in [-0.3, -0.25) is 9.78 Å². The Morgan fingerprint density at radius 3 is 2.45 bits per heavy atom. The number of benzene rings is 2. The molecule has 0 saturated heterocycles. The van der Waals surface area contributed by atoms with Crippen LogP contribution in [0.2, 0.25) is 0 Å². The summed E-state index contributed by atoms with van der Waals surface area (Å²) in [5.41, 5.74) is 3.22. The Labute approximate surface area is 169 Å². The summed E-state index contributed by atoms with van der Waals surface area (Å²) in [6.07, 6.45) is 4.87. The van der Waals surface area contributed by atoms with E-state index in [1.165, 1.54) is 0 Å². The average Bonchev–Trinajstić information content (AvgIpc) is 2.78. The van der Waals surface area contributed by atoms with Gasteiger partial charge in [0.25, 0.3) is 5.91 Å². The minimum atomic E-state index is -0.0882. The molecule has 0 saturated carbocycles. The third kappa shape index (κ3) is 4.21. The van der Waals surface area contributed by atoms with Gasteiger partial charge in [-0.15, -0.1) is 0 Å². The first kappa shape index (κ1) is 18.6. The third-order valence-corrected chi connectivity index (χ3v) is 4.66. The van der Waals surface area contributed by atoms with Crippen LogP contribution in [0.4, 0.5) is 11.6 Å². The molecule has 0 aliphatic rings. The Morgan fingerprint density at radius 2 is 1.69 bits per heavy atom. The first-order chi connectivity index (χ1) is 14.2. The van der Waals surface area contributed by atoms with Crippen molar-refractivity contribution >= 4 is 28.4 Å². The average molecular weight is 383 g/mol. The van der Waals surface area contributed by atoms with Gasteiger partial charge in [-0.1, -0.05) is 48.5 Å². The van der Waals surface area contributed by atoms with Crippen LogP contribution in [0.3, 0.4) is 0 Å². The molecule has 0 bridgehead atoms. The quantitative estimate of drug-likeness (QED) is 0.533. The molecule has 1 amide bonds. The van der Waals surface area contributed by atoms with Crippen LogP contribution < -0.4 is 5.32 Å². The first-order valence-corrected chi connectivity index (χ1v) is 9.50. The molecule has 0 unspecified atom stereocenters.